The fourth-order valence-electron chi connectivity index (χ4n) is 2.40. The minimum atomic E-state index is -4.28. The lowest BCUT2D eigenvalue weighted by molar-refractivity contribution is -0.140. The number of benzene rings is 1. The number of carbonyl (C=O) groups is 1. The van der Waals surface area contributed by atoms with Crippen molar-refractivity contribution in [3.63, 3.8) is 0 Å². The maximum atomic E-state index is 12.5. The highest BCUT2D eigenvalue weighted by Crippen LogP contribution is 2.30. The van der Waals surface area contributed by atoms with E-state index in [2.05, 4.69) is 4.72 Å². The normalized spacial score (nSPS) is 22.2. The lowest BCUT2D eigenvalue weighted by Gasteiger charge is -2.29. The fourth-order valence-corrected chi connectivity index (χ4v) is 3.86. The van der Waals surface area contributed by atoms with E-state index in [4.69, 9.17) is 5.11 Å². The Kier molecular flexibility index (Phi) is 5.27. The first-order chi connectivity index (χ1) is 11.2. The molecule has 0 aliphatic heterocycles. The van der Waals surface area contributed by atoms with Gasteiger partial charge in [-0.1, -0.05) is 56.3 Å². The molecule has 7 heteroatoms. The van der Waals surface area contributed by atoms with Crippen molar-refractivity contribution < 1.29 is 23.4 Å². The van der Waals surface area contributed by atoms with Crippen LogP contribution in [0.15, 0.2) is 48.6 Å². The second-order valence-electron chi connectivity index (χ2n) is 6.09. The van der Waals surface area contributed by atoms with E-state index in [-0.39, 0.29) is 6.42 Å². The highest BCUT2D eigenvalue weighted by molar-refractivity contribution is 7.90. The molecule has 6 nitrogen and oxygen atoms in total. The van der Waals surface area contributed by atoms with Gasteiger partial charge in [-0.3, -0.25) is 4.79 Å². The summed E-state index contributed by atoms with van der Waals surface area (Å²) in [7, 11) is -4.28. The number of nitrogens with one attached hydrogen (secondary N) is 1. The maximum Gasteiger partial charge on any atom is 0.321 e. The molecule has 130 valence electrons. The van der Waals surface area contributed by atoms with Gasteiger partial charge in [-0.25, -0.2) is 8.42 Å². The Balaban J connectivity index is 2.22. The summed E-state index contributed by atoms with van der Waals surface area (Å²) < 4.78 is 27.0. The first-order valence-electron chi connectivity index (χ1n) is 7.58. The number of hydrogen-bond donors (Lipinski definition) is 3. The lowest BCUT2D eigenvalue weighted by atomic mass is 9.98. The average molecular weight is 351 g/mol. The van der Waals surface area contributed by atoms with Gasteiger partial charge >= 0.3 is 5.97 Å². The van der Waals surface area contributed by atoms with Crippen molar-refractivity contribution >= 4 is 21.6 Å². The smallest absolute Gasteiger partial charge is 0.321 e. The summed E-state index contributed by atoms with van der Waals surface area (Å²) in [5.74, 6) is -1.73. The van der Waals surface area contributed by atoms with Gasteiger partial charge in [0.1, 0.15) is 6.04 Å². The van der Waals surface area contributed by atoms with Gasteiger partial charge in [0.05, 0.1) is 0 Å². The van der Waals surface area contributed by atoms with Crippen LogP contribution in [0.2, 0.25) is 0 Å². The van der Waals surface area contributed by atoms with Crippen molar-refractivity contribution in [1.29, 1.82) is 0 Å². The van der Waals surface area contributed by atoms with E-state index in [0.717, 1.165) is 11.1 Å². The predicted molar refractivity (Wildman–Crippen MR) is 91.4 cm³/mol. The van der Waals surface area contributed by atoms with Crippen LogP contribution in [0.1, 0.15) is 25.8 Å². The second kappa shape index (κ2) is 6.88. The first kappa shape index (κ1) is 18.4. The Bertz CT molecular complexity index is 767. The van der Waals surface area contributed by atoms with Crippen LogP contribution in [-0.2, 0) is 14.8 Å². The standard InChI is InChI=1S/C17H21NO5S/c1-12(2)15(16(19)20)18-24(22,23)17(21)10-8-14(9-11-17)13-6-4-3-5-7-13/h3-10,12,15,18,21H,11H2,1-2H3,(H,19,20). The SMILES string of the molecule is CC(C)C(NS(=O)(=O)C1(O)C=CC(c2ccccc2)=CC1)C(=O)O. The Morgan fingerprint density at radius 1 is 1.25 bits per heavy atom. The molecule has 3 N–H and O–H groups in total. The van der Waals surface area contributed by atoms with Gasteiger partial charge in [-0.2, -0.15) is 4.72 Å². The zero-order valence-corrected chi connectivity index (χ0v) is 14.3. The molecule has 0 saturated heterocycles. The van der Waals surface area contributed by atoms with E-state index in [1.165, 1.54) is 12.2 Å². The molecule has 0 heterocycles. The molecule has 1 aromatic carbocycles. The number of carboxylic acid groups (broad SMARTS) is 1. The van der Waals surface area contributed by atoms with Crippen LogP contribution in [0.3, 0.4) is 0 Å². The van der Waals surface area contributed by atoms with Gasteiger partial charge in [0.2, 0.25) is 15.0 Å². The molecular formula is C17H21NO5S. The van der Waals surface area contributed by atoms with Crippen LogP contribution in [0.25, 0.3) is 5.57 Å². The molecule has 0 fully saturated rings. The van der Waals surface area contributed by atoms with Gasteiger partial charge < -0.3 is 10.2 Å². The third-order valence-corrected chi connectivity index (χ3v) is 5.72. The molecule has 2 atom stereocenters. The Morgan fingerprint density at radius 3 is 2.33 bits per heavy atom. The minimum Gasteiger partial charge on any atom is -0.480 e. The molecule has 1 aliphatic carbocycles. The van der Waals surface area contributed by atoms with E-state index < -0.39 is 32.9 Å². The average Bonchev–Trinajstić information content (AvgIpc) is 2.53. The highest BCUT2D eigenvalue weighted by atomic mass is 32.2. The third kappa shape index (κ3) is 3.75. The second-order valence-corrected chi connectivity index (χ2v) is 8.04. The quantitative estimate of drug-likeness (QED) is 0.724. The van der Waals surface area contributed by atoms with Crippen LogP contribution in [0.5, 0.6) is 0 Å². The number of sulfonamides is 1. The molecule has 0 aromatic heterocycles. The van der Waals surface area contributed by atoms with Crippen LogP contribution in [-0.4, -0.2) is 35.6 Å². The number of hydrogen-bond acceptors (Lipinski definition) is 4. The molecule has 0 bridgehead atoms. The molecule has 2 unspecified atom stereocenters. The number of rotatable bonds is 6. The van der Waals surface area contributed by atoms with Gasteiger partial charge in [0.25, 0.3) is 0 Å². The van der Waals surface area contributed by atoms with Gasteiger partial charge in [0, 0.05) is 6.42 Å². The summed E-state index contributed by atoms with van der Waals surface area (Å²) in [4.78, 5) is 9.03. The number of carboxylic acids is 1. The van der Waals surface area contributed by atoms with Gasteiger partial charge in [-0.05, 0) is 23.1 Å². The molecule has 0 amide bonds. The van der Waals surface area contributed by atoms with Crippen LogP contribution in [0, 0.1) is 5.92 Å². The molecular weight excluding hydrogens is 330 g/mol. The maximum absolute atomic E-state index is 12.5. The monoisotopic (exact) mass is 351 g/mol. The summed E-state index contributed by atoms with van der Waals surface area (Å²) in [6, 6.07) is 8.07. The highest BCUT2D eigenvalue weighted by Gasteiger charge is 2.42. The summed E-state index contributed by atoms with van der Waals surface area (Å²) in [6.07, 6.45) is 4.19. The topological polar surface area (TPSA) is 104 Å². The van der Waals surface area contributed by atoms with Crippen molar-refractivity contribution in [2.75, 3.05) is 0 Å². The molecule has 1 aromatic rings. The predicted octanol–water partition coefficient (Wildman–Crippen LogP) is 1.75. The van der Waals surface area contributed by atoms with Crippen molar-refractivity contribution in [1.82, 2.24) is 4.72 Å². The zero-order chi connectivity index (χ0) is 18.0. The van der Waals surface area contributed by atoms with E-state index in [9.17, 15) is 18.3 Å². The summed E-state index contributed by atoms with van der Waals surface area (Å²) >= 11 is 0. The first-order valence-corrected chi connectivity index (χ1v) is 9.06. The van der Waals surface area contributed by atoms with Crippen LogP contribution in [0.4, 0.5) is 0 Å². The third-order valence-electron chi connectivity index (χ3n) is 3.93. The van der Waals surface area contributed by atoms with Crippen LogP contribution >= 0.6 is 0 Å². The molecule has 24 heavy (non-hydrogen) atoms. The van der Waals surface area contributed by atoms with E-state index in [0.29, 0.717) is 0 Å². The zero-order valence-electron chi connectivity index (χ0n) is 13.5. The molecule has 0 radical (unpaired) electrons. The minimum absolute atomic E-state index is 0.159. The van der Waals surface area contributed by atoms with Gasteiger partial charge in [-0.15, -0.1) is 0 Å². The largest absolute Gasteiger partial charge is 0.480 e. The van der Waals surface area contributed by atoms with Gasteiger partial charge in [0.15, 0.2) is 0 Å². The Morgan fingerprint density at radius 2 is 1.88 bits per heavy atom. The van der Waals surface area contributed by atoms with Crippen molar-refractivity contribution in [2.45, 2.75) is 31.2 Å². The molecule has 0 spiro atoms. The summed E-state index contributed by atoms with van der Waals surface area (Å²) in [5.41, 5.74) is 1.71. The Hall–Kier alpha value is -1.96. The van der Waals surface area contributed by atoms with Crippen molar-refractivity contribution in [3.8, 4) is 0 Å². The van der Waals surface area contributed by atoms with E-state index in [1.807, 2.05) is 30.3 Å². The van der Waals surface area contributed by atoms with Crippen molar-refractivity contribution in [2.24, 2.45) is 5.92 Å². The number of aliphatic hydroxyl groups is 1. The summed E-state index contributed by atoms with van der Waals surface area (Å²) in [5, 5.41) is 19.6. The van der Waals surface area contributed by atoms with Crippen LogP contribution < -0.4 is 4.72 Å². The lowest BCUT2D eigenvalue weighted by Crippen LogP contribution is -2.52. The molecule has 1 aliphatic rings. The Labute approximate surface area is 141 Å². The number of allylic oxidation sites excluding steroid dienone is 2. The van der Waals surface area contributed by atoms with E-state index in [1.54, 1.807) is 19.9 Å². The fraction of sp³-hybridized carbons (Fsp3) is 0.353. The summed E-state index contributed by atoms with van der Waals surface area (Å²) in [6.45, 7) is 3.19. The van der Waals surface area contributed by atoms with E-state index >= 15 is 0 Å². The molecule has 0 saturated carbocycles. The molecule has 2 rings (SSSR count). The number of aliphatic carboxylic acids is 1. The van der Waals surface area contributed by atoms with Crippen molar-refractivity contribution in [3.05, 3.63) is 54.1 Å².